The molecule has 1 saturated carbocycles. The highest BCUT2D eigenvalue weighted by Gasteiger charge is 2.53. The lowest BCUT2D eigenvalue weighted by molar-refractivity contribution is 0.0655. The lowest BCUT2D eigenvalue weighted by atomic mass is 9.86. The first-order chi connectivity index (χ1) is 12.1. The molecule has 25 heavy (non-hydrogen) atoms. The first-order valence-corrected chi connectivity index (χ1v) is 8.71. The minimum atomic E-state index is -0.880. The van der Waals surface area contributed by atoms with Crippen molar-refractivity contribution in [2.45, 2.75) is 44.2 Å². The van der Waals surface area contributed by atoms with Crippen LogP contribution in [0.3, 0.4) is 0 Å². The van der Waals surface area contributed by atoms with E-state index in [9.17, 15) is 9.59 Å². The van der Waals surface area contributed by atoms with Gasteiger partial charge in [0.05, 0.1) is 12.5 Å². The smallest absolute Gasteiger partial charge is 0.318 e. The topological polar surface area (TPSA) is 98.1 Å². The van der Waals surface area contributed by atoms with Gasteiger partial charge in [-0.3, -0.25) is 9.78 Å². The summed E-state index contributed by atoms with van der Waals surface area (Å²) >= 11 is 0. The van der Waals surface area contributed by atoms with Gasteiger partial charge in [-0.1, -0.05) is 0 Å². The van der Waals surface area contributed by atoms with E-state index in [2.05, 4.69) is 15.6 Å². The van der Waals surface area contributed by atoms with Crippen LogP contribution in [0.15, 0.2) is 18.3 Å². The lowest BCUT2D eigenvalue weighted by Gasteiger charge is -2.39. The van der Waals surface area contributed by atoms with Gasteiger partial charge >= 0.3 is 6.03 Å². The van der Waals surface area contributed by atoms with Crippen molar-refractivity contribution in [1.82, 2.24) is 20.5 Å². The van der Waals surface area contributed by atoms with Gasteiger partial charge in [0, 0.05) is 36.6 Å². The number of aromatic nitrogens is 1. The maximum absolute atomic E-state index is 13.3. The molecule has 2 aliphatic rings. The molecule has 0 aromatic carbocycles. The summed E-state index contributed by atoms with van der Waals surface area (Å²) in [7, 11) is 0. The maximum Gasteiger partial charge on any atom is 0.318 e. The quantitative estimate of drug-likeness (QED) is 0.602. The highest BCUT2D eigenvalue weighted by Crippen LogP contribution is 2.38. The predicted molar refractivity (Wildman–Crippen MR) is 92.0 cm³/mol. The van der Waals surface area contributed by atoms with Crippen LogP contribution in [-0.2, 0) is 0 Å². The van der Waals surface area contributed by atoms with E-state index in [-0.39, 0.29) is 24.3 Å². The first kappa shape index (κ1) is 17.4. The van der Waals surface area contributed by atoms with Crippen LogP contribution in [-0.4, -0.2) is 52.9 Å². The van der Waals surface area contributed by atoms with Crippen LogP contribution < -0.4 is 10.6 Å². The molecule has 0 spiro atoms. The molecule has 7 nitrogen and oxygen atoms in total. The van der Waals surface area contributed by atoms with Gasteiger partial charge in [0.1, 0.15) is 5.54 Å². The molecule has 2 N–H and O–H groups in total. The van der Waals surface area contributed by atoms with Crippen LogP contribution in [0.2, 0.25) is 0 Å². The van der Waals surface area contributed by atoms with Crippen LogP contribution in [0.1, 0.15) is 41.7 Å². The number of pyridine rings is 1. The van der Waals surface area contributed by atoms with Crippen molar-refractivity contribution in [2.24, 2.45) is 0 Å². The molecular formula is C18H23N5O2. The molecule has 0 unspecified atom stereocenters. The highest BCUT2D eigenvalue weighted by atomic mass is 16.2. The second kappa shape index (κ2) is 7.19. The molecule has 3 rings (SSSR count). The van der Waals surface area contributed by atoms with Gasteiger partial charge in [-0.2, -0.15) is 5.26 Å². The normalized spacial score (nSPS) is 22.2. The number of amides is 2. The molecule has 2 heterocycles. The van der Waals surface area contributed by atoms with Crippen molar-refractivity contribution in [1.29, 1.82) is 5.26 Å². The van der Waals surface area contributed by atoms with Crippen LogP contribution in [0.5, 0.6) is 0 Å². The second-order valence-electron chi connectivity index (χ2n) is 6.72. The maximum atomic E-state index is 13.3. The van der Waals surface area contributed by atoms with Gasteiger partial charge in [0.25, 0.3) is 0 Å². The van der Waals surface area contributed by atoms with E-state index in [0.717, 1.165) is 18.5 Å². The van der Waals surface area contributed by atoms with E-state index in [1.807, 2.05) is 19.1 Å². The van der Waals surface area contributed by atoms with Gasteiger partial charge in [-0.25, -0.2) is 4.79 Å². The third-order valence-electron chi connectivity index (χ3n) is 4.83. The summed E-state index contributed by atoms with van der Waals surface area (Å²) in [6.45, 7) is 3.31. The van der Waals surface area contributed by atoms with Crippen molar-refractivity contribution in [3.8, 4) is 6.07 Å². The van der Waals surface area contributed by atoms with E-state index in [1.165, 1.54) is 0 Å². The Hall–Kier alpha value is -2.46. The third-order valence-corrected chi connectivity index (χ3v) is 4.83. The van der Waals surface area contributed by atoms with Crippen LogP contribution in [0.4, 0.5) is 4.79 Å². The third kappa shape index (κ3) is 3.49. The second-order valence-corrected chi connectivity index (χ2v) is 6.72. The molecule has 0 radical (unpaired) electrons. The fourth-order valence-electron chi connectivity index (χ4n) is 3.41. The Labute approximate surface area is 147 Å². The van der Waals surface area contributed by atoms with Crippen molar-refractivity contribution in [3.63, 3.8) is 0 Å². The number of aryl methyl sites for hydroxylation is 1. The number of Topliss-reactive ketones (excluding diaryl/α,β-unsaturated/α-hetero) is 1. The summed E-state index contributed by atoms with van der Waals surface area (Å²) in [6.07, 6.45) is 4.25. The zero-order valence-corrected chi connectivity index (χ0v) is 14.4. The van der Waals surface area contributed by atoms with Gasteiger partial charge in [-0.15, -0.1) is 0 Å². The Morgan fingerprint density at radius 3 is 2.84 bits per heavy atom. The number of carbonyl (C=O) groups is 2. The minimum absolute atomic E-state index is 0.0627. The van der Waals surface area contributed by atoms with Crippen molar-refractivity contribution < 1.29 is 9.59 Å². The summed E-state index contributed by atoms with van der Waals surface area (Å²) in [5.74, 6) is -0.0627. The molecule has 1 saturated heterocycles. The van der Waals surface area contributed by atoms with Gasteiger partial charge in [0.2, 0.25) is 0 Å². The zero-order valence-electron chi connectivity index (χ0n) is 14.4. The fraction of sp³-hybridized carbons (Fsp3) is 0.556. The summed E-state index contributed by atoms with van der Waals surface area (Å²) in [6, 6.07) is 5.45. The van der Waals surface area contributed by atoms with Gasteiger partial charge in [-0.05, 0) is 44.9 Å². The molecule has 2 fully saturated rings. The molecule has 1 aliphatic carbocycles. The van der Waals surface area contributed by atoms with E-state index < -0.39 is 5.54 Å². The number of nitrogens with one attached hydrogen (secondary N) is 2. The van der Waals surface area contributed by atoms with Crippen LogP contribution in [0, 0.1) is 18.3 Å². The summed E-state index contributed by atoms with van der Waals surface area (Å²) < 4.78 is 0. The van der Waals surface area contributed by atoms with Gasteiger partial charge in [0.15, 0.2) is 5.78 Å². The molecule has 7 heteroatoms. The number of urea groups is 1. The minimum Gasteiger partial charge on any atom is -0.337 e. The van der Waals surface area contributed by atoms with Crippen LogP contribution >= 0.6 is 0 Å². The lowest BCUT2D eigenvalue weighted by Crippen LogP contribution is -2.61. The number of nitriles is 1. The Morgan fingerprint density at radius 1 is 1.48 bits per heavy atom. The number of carbonyl (C=O) groups excluding carboxylic acids is 2. The monoisotopic (exact) mass is 341 g/mol. The highest BCUT2D eigenvalue weighted by molar-refractivity contribution is 6.05. The molecule has 1 atom stereocenters. The largest absolute Gasteiger partial charge is 0.337 e. The molecule has 0 bridgehead atoms. The van der Waals surface area contributed by atoms with E-state index in [1.54, 1.807) is 17.2 Å². The van der Waals surface area contributed by atoms with E-state index in [4.69, 9.17) is 5.26 Å². The standard InChI is InChI=1S/C18H23N5O2/c1-13-3-4-14(11-22-13)16(24)18(7-10-20-12-18)23(15-5-6-15)17(25)21-9-2-8-19/h3-4,11,15,20H,2,5-7,9-10,12H2,1H3,(H,21,25)/t18-/m1/s1. The number of nitrogens with zero attached hydrogens (tertiary/aromatic N) is 3. The molecule has 2 amide bonds. The number of hydrogen-bond donors (Lipinski definition) is 2. The zero-order chi connectivity index (χ0) is 17.9. The Morgan fingerprint density at radius 2 is 2.28 bits per heavy atom. The van der Waals surface area contributed by atoms with Crippen LogP contribution in [0.25, 0.3) is 0 Å². The number of ketones is 1. The average Bonchev–Trinajstić information content (AvgIpc) is 3.31. The molecule has 1 aliphatic heterocycles. The summed E-state index contributed by atoms with van der Waals surface area (Å²) in [5.41, 5.74) is 0.502. The SMILES string of the molecule is Cc1ccc(C(=O)[C@@]2(N(C(=O)NCCC#N)C3CC3)CCNC2)cn1. The molecular weight excluding hydrogens is 318 g/mol. The van der Waals surface area contributed by atoms with Gasteiger partial charge < -0.3 is 15.5 Å². The Bertz CT molecular complexity index is 684. The van der Waals surface area contributed by atoms with Crippen molar-refractivity contribution >= 4 is 11.8 Å². The number of rotatable bonds is 6. The molecule has 1 aromatic rings. The van der Waals surface area contributed by atoms with Crippen molar-refractivity contribution in [3.05, 3.63) is 29.6 Å². The molecule has 132 valence electrons. The Kier molecular flexibility index (Phi) is 5.00. The predicted octanol–water partition coefficient (Wildman–Crippen LogP) is 1.39. The van der Waals surface area contributed by atoms with E-state index in [0.29, 0.717) is 31.6 Å². The summed E-state index contributed by atoms with van der Waals surface area (Å²) in [5, 5.41) is 14.7. The molecule has 1 aromatic heterocycles. The number of hydrogen-bond acceptors (Lipinski definition) is 5. The average molecular weight is 341 g/mol. The fourth-order valence-corrected chi connectivity index (χ4v) is 3.41. The van der Waals surface area contributed by atoms with E-state index >= 15 is 0 Å². The first-order valence-electron chi connectivity index (χ1n) is 8.71. The Balaban J connectivity index is 1.89. The summed E-state index contributed by atoms with van der Waals surface area (Å²) in [4.78, 5) is 32.1. The van der Waals surface area contributed by atoms with Crippen molar-refractivity contribution in [2.75, 3.05) is 19.6 Å².